The first-order valence-electron chi connectivity index (χ1n) is 5.89. The van der Waals surface area contributed by atoms with Gasteiger partial charge >= 0.3 is 0 Å². The molecule has 2 aromatic rings. The van der Waals surface area contributed by atoms with Crippen molar-refractivity contribution in [3.8, 4) is 5.75 Å². The third-order valence-electron chi connectivity index (χ3n) is 2.46. The molecule has 0 atom stereocenters. The molecule has 0 unspecified atom stereocenters. The van der Waals surface area contributed by atoms with Gasteiger partial charge in [-0.05, 0) is 48.2 Å². The zero-order valence-electron chi connectivity index (χ0n) is 10.8. The van der Waals surface area contributed by atoms with E-state index in [4.69, 9.17) is 4.74 Å². The zero-order valence-corrected chi connectivity index (χ0v) is 13.2. The summed E-state index contributed by atoms with van der Waals surface area (Å²) in [7, 11) is 0. The molecule has 1 aromatic carbocycles. The number of hydrogen-bond donors (Lipinski definition) is 1. The molecule has 0 radical (unpaired) electrons. The van der Waals surface area contributed by atoms with E-state index in [9.17, 15) is 4.79 Å². The number of amides is 1. The highest BCUT2D eigenvalue weighted by atomic mass is 79.9. The highest BCUT2D eigenvalue weighted by Gasteiger charge is 2.01. The third kappa shape index (κ3) is 4.47. The van der Waals surface area contributed by atoms with Gasteiger partial charge in [0.25, 0.3) is 5.91 Å². The number of aryl methyl sites for hydroxylation is 1. The Morgan fingerprint density at radius 3 is 2.80 bits per heavy atom. The number of benzene rings is 1. The fourth-order valence-electron chi connectivity index (χ4n) is 1.39. The van der Waals surface area contributed by atoms with Crippen molar-refractivity contribution in [1.82, 2.24) is 5.43 Å². The number of nitrogens with zero attached hydrogens (tertiary/aromatic N) is 1. The van der Waals surface area contributed by atoms with Gasteiger partial charge in [-0.15, -0.1) is 11.3 Å². The summed E-state index contributed by atoms with van der Waals surface area (Å²) in [5.74, 6) is 0.347. The summed E-state index contributed by atoms with van der Waals surface area (Å²) in [4.78, 5) is 12.6. The number of halogens is 1. The lowest BCUT2D eigenvalue weighted by Crippen LogP contribution is -2.24. The van der Waals surface area contributed by atoms with Crippen LogP contribution in [0.25, 0.3) is 0 Å². The number of nitrogens with one attached hydrogen (secondary N) is 1. The summed E-state index contributed by atoms with van der Waals surface area (Å²) in [5.41, 5.74) is 3.57. The lowest BCUT2D eigenvalue weighted by atomic mass is 10.3. The van der Waals surface area contributed by atoms with Gasteiger partial charge in [0.05, 0.1) is 6.21 Å². The molecule has 0 saturated carbocycles. The minimum atomic E-state index is -0.293. The number of hydrazone groups is 1. The lowest BCUT2D eigenvalue weighted by molar-refractivity contribution is -0.123. The van der Waals surface area contributed by atoms with Crippen molar-refractivity contribution < 1.29 is 9.53 Å². The maximum atomic E-state index is 11.5. The van der Waals surface area contributed by atoms with E-state index in [1.165, 1.54) is 0 Å². The van der Waals surface area contributed by atoms with Crippen LogP contribution < -0.4 is 10.2 Å². The Morgan fingerprint density at radius 2 is 2.15 bits per heavy atom. The van der Waals surface area contributed by atoms with Crippen LogP contribution in [-0.2, 0) is 4.79 Å². The van der Waals surface area contributed by atoms with Gasteiger partial charge in [0.15, 0.2) is 6.61 Å². The number of thiophene rings is 1. The number of hydrogen-bond acceptors (Lipinski definition) is 4. The van der Waals surface area contributed by atoms with Crippen LogP contribution in [0.5, 0.6) is 5.75 Å². The van der Waals surface area contributed by atoms with E-state index in [1.54, 1.807) is 29.7 Å². The van der Waals surface area contributed by atoms with Crippen molar-refractivity contribution in [2.24, 2.45) is 5.10 Å². The molecule has 0 bridgehead atoms. The molecule has 0 aliphatic rings. The van der Waals surface area contributed by atoms with Crippen LogP contribution >= 0.6 is 27.3 Å². The van der Waals surface area contributed by atoms with Crippen molar-refractivity contribution in [1.29, 1.82) is 0 Å². The fourth-order valence-corrected chi connectivity index (χ4v) is 2.44. The molecule has 0 spiro atoms. The minimum absolute atomic E-state index is 0.0671. The Kier molecular flexibility index (Phi) is 5.31. The first kappa shape index (κ1) is 14.7. The molecule has 1 amide bonds. The molecular weight excluding hydrogens is 340 g/mol. The summed E-state index contributed by atoms with van der Waals surface area (Å²) < 4.78 is 6.29. The Balaban J connectivity index is 1.77. The van der Waals surface area contributed by atoms with E-state index in [-0.39, 0.29) is 12.5 Å². The summed E-state index contributed by atoms with van der Waals surface area (Å²) in [6.07, 6.45) is 1.64. The second kappa shape index (κ2) is 7.21. The van der Waals surface area contributed by atoms with E-state index < -0.39 is 0 Å². The second-order valence-electron chi connectivity index (χ2n) is 4.00. The largest absolute Gasteiger partial charge is 0.484 e. The van der Waals surface area contributed by atoms with Gasteiger partial charge in [0, 0.05) is 9.35 Å². The summed E-state index contributed by atoms with van der Waals surface area (Å²) in [5, 5.41) is 5.88. The third-order valence-corrected chi connectivity index (χ3v) is 3.94. The van der Waals surface area contributed by atoms with Gasteiger partial charge in [0.1, 0.15) is 5.75 Å². The second-order valence-corrected chi connectivity index (χ2v) is 5.87. The predicted molar refractivity (Wildman–Crippen MR) is 84.4 cm³/mol. The van der Waals surface area contributed by atoms with E-state index >= 15 is 0 Å². The Hall–Kier alpha value is -1.66. The van der Waals surface area contributed by atoms with Gasteiger partial charge in [-0.1, -0.05) is 15.9 Å². The topological polar surface area (TPSA) is 50.7 Å². The number of carbonyl (C=O) groups is 1. The lowest BCUT2D eigenvalue weighted by Gasteiger charge is -2.04. The van der Waals surface area contributed by atoms with Crippen LogP contribution in [0.2, 0.25) is 0 Å². The Labute approximate surface area is 129 Å². The van der Waals surface area contributed by atoms with Crippen molar-refractivity contribution in [2.75, 3.05) is 6.61 Å². The molecule has 1 N–H and O–H groups in total. The average molecular weight is 353 g/mol. The molecule has 1 heterocycles. The monoisotopic (exact) mass is 352 g/mol. The summed E-state index contributed by atoms with van der Waals surface area (Å²) in [6.45, 7) is 1.93. The molecule has 6 heteroatoms. The van der Waals surface area contributed by atoms with Crippen LogP contribution in [0.15, 0.2) is 45.3 Å². The van der Waals surface area contributed by atoms with Crippen molar-refractivity contribution in [3.63, 3.8) is 0 Å². The summed E-state index contributed by atoms with van der Waals surface area (Å²) in [6, 6.07) is 9.28. The zero-order chi connectivity index (χ0) is 14.4. The molecule has 1 aromatic heterocycles. The summed E-state index contributed by atoms with van der Waals surface area (Å²) >= 11 is 4.91. The van der Waals surface area contributed by atoms with E-state index in [2.05, 4.69) is 26.5 Å². The van der Waals surface area contributed by atoms with Gasteiger partial charge in [-0.2, -0.15) is 5.10 Å². The Morgan fingerprint density at radius 1 is 1.40 bits per heavy atom. The molecule has 0 saturated heterocycles. The highest BCUT2D eigenvalue weighted by molar-refractivity contribution is 9.10. The molecule has 0 aliphatic heterocycles. The molecule has 104 valence electrons. The van der Waals surface area contributed by atoms with E-state index in [0.717, 1.165) is 14.9 Å². The fraction of sp³-hybridized carbons (Fsp3) is 0.143. The van der Waals surface area contributed by atoms with Crippen molar-refractivity contribution >= 4 is 39.4 Å². The highest BCUT2D eigenvalue weighted by Crippen LogP contribution is 2.15. The SMILES string of the molecule is Cc1ccsc1/C=N\NC(=O)COc1ccc(Br)cc1. The Bertz CT molecular complexity index is 608. The van der Waals surface area contributed by atoms with E-state index in [0.29, 0.717) is 5.75 Å². The first-order chi connectivity index (χ1) is 9.65. The van der Waals surface area contributed by atoms with Gasteiger partial charge < -0.3 is 4.74 Å². The van der Waals surface area contributed by atoms with Crippen LogP contribution in [-0.4, -0.2) is 18.7 Å². The maximum absolute atomic E-state index is 11.5. The average Bonchev–Trinajstić information content (AvgIpc) is 2.84. The molecule has 20 heavy (non-hydrogen) atoms. The first-order valence-corrected chi connectivity index (χ1v) is 7.57. The van der Waals surface area contributed by atoms with Crippen LogP contribution in [0.1, 0.15) is 10.4 Å². The predicted octanol–water partition coefficient (Wildman–Crippen LogP) is 3.35. The van der Waals surface area contributed by atoms with Crippen molar-refractivity contribution in [3.05, 3.63) is 50.6 Å². The number of rotatable bonds is 5. The van der Waals surface area contributed by atoms with Crippen LogP contribution in [0.4, 0.5) is 0 Å². The molecule has 2 rings (SSSR count). The molecule has 4 nitrogen and oxygen atoms in total. The quantitative estimate of drug-likeness (QED) is 0.662. The van der Waals surface area contributed by atoms with Crippen LogP contribution in [0, 0.1) is 6.92 Å². The van der Waals surface area contributed by atoms with Gasteiger partial charge in [-0.3, -0.25) is 4.79 Å². The molecule has 0 fully saturated rings. The molecule has 0 aliphatic carbocycles. The number of carbonyl (C=O) groups excluding carboxylic acids is 1. The normalized spacial score (nSPS) is 10.7. The maximum Gasteiger partial charge on any atom is 0.277 e. The van der Waals surface area contributed by atoms with Crippen LogP contribution in [0.3, 0.4) is 0 Å². The van der Waals surface area contributed by atoms with Gasteiger partial charge in [-0.25, -0.2) is 5.43 Å². The van der Waals surface area contributed by atoms with Crippen molar-refractivity contribution in [2.45, 2.75) is 6.92 Å². The smallest absolute Gasteiger partial charge is 0.277 e. The number of ether oxygens (including phenoxy) is 1. The van der Waals surface area contributed by atoms with E-state index in [1.807, 2.05) is 30.5 Å². The minimum Gasteiger partial charge on any atom is -0.484 e. The van der Waals surface area contributed by atoms with Gasteiger partial charge in [0.2, 0.25) is 0 Å². The standard InChI is InChI=1S/C14H13BrN2O2S/c1-10-6-7-20-13(10)8-16-17-14(18)9-19-12-4-2-11(15)3-5-12/h2-8H,9H2,1H3,(H,17,18)/b16-8-. The molecular formula is C14H13BrN2O2S.